The van der Waals surface area contributed by atoms with Crippen molar-refractivity contribution in [1.82, 2.24) is 14.5 Å². The Balaban J connectivity index is 1.94. The Morgan fingerprint density at radius 1 is 1.53 bits per heavy atom. The van der Waals surface area contributed by atoms with Crippen LogP contribution in [0.2, 0.25) is 0 Å². The van der Waals surface area contributed by atoms with E-state index in [0.717, 1.165) is 10.4 Å². The van der Waals surface area contributed by atoms with Crippen molar-refractivity contribution in [2.45, 2.75) is 17.9 Å². The van der Waals surface area contributed by atoms with Crippen LogP contribution < -0.4 is 10.5 Å². The minimum absolute atomic E-state index is 0.282. The number of nitrogens with one attached hydrogen (secondary N) is 1. The molecule has 2 aromatic rings. The summed E-state index contributed by atoms with van der Waals surface area (Å²) in [5.41, 5.74) is 6.47. The van der Waals surface area contributed by atoms with E-state index in [0.29, 0.717) is 19.5 Å². The molecule has 3 N–H and O–H groups in total. The Kier molecular flexibility index (Phi) is 4.35. The molecule has 0 unspecified atom stereocenters. The minimum Gasteiger partial charge on any atom is -0.326 e. The third kappa shape index (κ3) is 3.63. The van der Waals surface area contributed by atoms with Gasteiger partial charge in [-0.25, -0.2) is 13.1 Å². The van der Waals surface area contributed by atoms with Crippen molar-refractivity contribution < 1.29 is 8.42 Å². The van der Waals surface area contributed by atoms with Crippen molar-refractivity contribution in [2.75, 3.05) is 6.54 Å². The molecule has 6 nitrogen and oxygen atoms in total. The monoisotopic (exact) mass is 300 g/mol. The smallest absolute Gasteiger partial charge is 0.241 e. The highest BCUT2D eigenvalue weighted by Crippen LogP contribution is 2.18. The second-order valence-electron chi connectivity index (χ2n) is 4.12. The van der Waals surface area contributed by atoms with Crippen molar-refractivity contribution in [3.8, 4) is 0 Å². The molecule has 0 radical (unpaired) electrons. The van der Waals surface area contributed by atoms with Crippen molar-refractivity contribution in [3.63, 3.8) is 0 Å². The molecule has 0 aliphatic heterocycles. The van der Waals surface area contributed by atoms with E-state index in [1.165, 1.54) is 11.3 Å². The Labute approximate surface area is 116 Å². The minimum atomic E-state index is -3.44. The summed E-state index contributed by atoms with van der Waals surface area (Å²) >= 11 is 1.35. The Hall–Kier alpha value is -1.22. The van der Waals surface area contributed by atoms with Crippen LogP contribution in [0.25, 0.3) is 0 Å². The van der Waals surface area contributed by atoms with Crippen LogP contribution in [-0.2, 0) is 30.0 Å². The fourth-order valence-corrected chi connectivity index (χ4v) is 3.81. The lowest BCUT2D eigenvalue weighted by atomic mass is 10.3. The van der Waals surface area contributed by atoms with Gasteiger partial charge in [-0.3, -0.25) is 4.68 Å². The van der Waals surface area contributed by atoms with Gasteiger partial charge in [0.25, 0.3) is 0 Å². The molecule has 2 rings (SSSR count). The zero-order valence-electron chi connectivity index (χ0n) is 10.5. The molecule has 0 amide bonds. The molecule has 104 valence electrons. The summed E-state index contributed by atoms with van der Waals surface area (Å²) in [5, 5.41) is 5.64. The van der Waals surface area contributed by atoms with E-state index in [1.807, 2.05) is 13.2 Å². The summed E-state index contributed by atoms with van der Waals surface area (Å²) in [6, 6.07) is 1.61. The molecule has 0 spiro atoms. The van der Waals surface area contributed by atoms with E-state index in [2.05, 4.69) is 9.82 Å². The molecular formula is C11H16N4O2S2. The maximum Gasteiger partial charge on any atom is 0.241 e. The van der Waals surface area contributed by atoms with E-state index in [4.69, 9.17) is 5.73 Å². The van der Waals surface area contributed by atoms with Gasteiger partial charge in [0.05, 0.1) is 11.1 Å². The number of rotatable bonds is 6. The number of nitrogens with two attached hydrogens (primary N) is 1. The summed E-state index contributed by atoms with van der Waals surface area (Å²) in [7, 11) is -1.61. The third-order valence-electron chi connectivity index (χ3n) is 2.61. The molecule has 8 heteroatoms. The second-order valence-corrected chi connectivity index (χ2v) is 6.89. The maximum absolute atomic E-state index is 12.0. The second kappa shape index (κ2) is 5.83. The summed E-state index contributed by atoms with van der Waals surface area (Å²) in [6.07, 6.45) is 4.21. The van der Waals surface area contributed by atoms with Gasteiger partial charge < -0.3 is 5.73 Å². The third-order valence-corrected chi connectivity index (χ3v) is 5.15. The van der Waals surface area contributed by atoms with Gasteiger partial charge in [-0.05, 0) is 18.1 Å². The SMILES string of the molecule is Cn1cc(CCNS(=O)(=O)c2csc(CN)c2)cn1. The fourth-order valence-electron chi connectivity index (χ4n) is 1.62. The number of aryl methyl sites for hydroxylation is 1. The van der Waals surface area contributed by atoms with Crippen molar-refractivity contribution in [1.29, 1.82) is 0 Å². The molecule has 0 saturated carbocycles. The van der Waals surface area contributed by atoms with E-state index >= 15 is 0 Å². The number of aromatic nitrogens is 2. The first-order valence-corrected chi connectivity index (χ1v) is 8.12. The van der Waals surface area contributed by atoms with Gasteiger partial charge in [-0.2, -0.15) is 5.10 Å². The van der Waals surface area contributed by atoms with E-state index < -0.39 is 10.0 Å². The number of thiophene rings is 1. The first-order chi connectivity index (χ1) is 9.01. The highest BCUT2D eigenvalue weighted by Gasteiger charge is 2.15. The summed E-state index contributed by atoms with van der Waals surface area (Å²) < 4.78 is 28.2. The highest BCUT2D eigenvalue weighted by atomic mass is 32.2. The van der Waals surface area contributed by atoms with Crippen molar-refractivity contribution >= 4 is 21.4 Å². The standard InChI is InChI=1S/C11H16N4O2S2/c1-15-7-9(6-13-15)2-3-14-19(16,17)11-4-10(5-12)18-8-11/h4,6-8,14H,2-3,5,12H2,1H3. The molecule has 0 aliphatic rings. The van der Waals surface area contributed by atoms with Crippen LogP contribution in [0.1, 0.15) is 10.4 Å². The van der Waals surface area contributed by atoms with Crippen LogP contribution >= 0.6 is 11.3 Å². The van der Waals surface area contributed by atoms with Gasteiger partial charge in [-0.1, -0.05) is 0 Å². The number of hydrogen-bond acceptors (Lipinski definition) is 5. The van der Waals surface area contributed by atoms with Crippen LogP contribution in [-0.4, -0.2) is 24.7 Å². The Morgan fingerprint density at radius 3 is 2.89 bits per heavy atom. The molecule has 0 fully saturated rings. The van der Waals surface area contributed by atoms with Gasteiger partial charge in [0.15, 0.2) is 0 Å². The van der Waals surface area contributed by atoms with Crippen molar-refractivity contribution in [2.24, 2.45) is 12.8 Å². The molecule has 19 heavy (non-hydrogen) atoms. The number of hydrogen-bond donors (Lipinski definition) is 2. The molecular weight excluding hydrogens is 284 g/mol. The van der Waals surface area contributed by atoms with E-state index in [9.17, 15) is 8.42 Å². The predicted molar refractivity (Wildman–Crippen MR) is 74.3 cm³/mol. The molecule has 0 aromatic carbocycles. The molecule has 0 saturated heterocycles. The molecule has 2 aromatic heterocycles. The van der Waals surface area contributed by atoms with Crippen LogP contribution in [0.4, 0.5) is 0 Å². The van der Waals surface area contributed by atoms with Gasteiger partial charge in [0.2, 0.25) is 10.0 Å². The lowest BCUT2D eigenvalue weighted by molar-refractivity contribution is 0.582. The van der Waals surface area contributed by atoms with E-state index in [1.54, 1.807) is 22.3 Å². The van der Waals surface area contributed by atoms with Crippen molar-refractivity contribution in [3.05, 3.63) is 34.3 Å². The highest BCUT2D eigenvalue weighted by molar-refractivity contribution is 7.89. The molecule has 2 heterocycles. The van der Waals surface area contributed by atoms with Crippen LogP contribution in [0.3, 0.4) is 0 Å². The molecule has 0 atom stereocenters. The van der Waals surface area contributed by atoms with Gasteiger partial charge in [-0.15, -0.1) is 11.3 Å². The molecule has 0 aliphatic carbocycles. The number of nitrogens with zero attached hydrogens (tertiary/aromatic N) is 2. The Bertz CT molecular complexity index is 645. The first kappa shape index (κ1) is 14.2. The van der Waals surface area contributed by atoms with E-state index in [-0.39, 0.29) is 4.90 Å². The van der Waals surface area contributed by atoms with Gasteiger partial charge in [0, 0.05) is 36.6 Å². The zero-order chi connectivity index (χ0) is 13.9. The number of sulfonamides is 1. The average molecular weight is 300 g/mol. The predicted octanol–water partition coefficient (Wildman–Crippen LogP) is 0.461. The first-order valence-electron chi connectivity index (χ1n) is 5.76. The van der Waals surface area contributed by atoms with Crippen LogP contribution in [0, 0.1) is 0 Å². The quantitative estimate of drug-likeness (QED) is 0.811. The van der Waals surface area contributed by atoms with Crippen LogP contribution in [0.5, 0.6) is 0 Å². The fraction of sp³-hybridized carbons (Fsp3) is 0.364. The average Bonchev–Trinajstić information content (AvgIpc) is 2.98. The summed E-state index contributed by atoms with van der Waals surface area (Å²) in [5.74, 6) is 0. The zero-order valence-corrected chi connectivity index (χ0v) is 12.2. The lowest BCUT2D eigenvalue weighted by Gasteiger charge is -2.03. The summed E-state index contributed by atoms with van der Waals surface area (Å²) in [4.78, 5) is 1.14. The topological polar surface area (TPSA) is 90.0 Å². The van der Waals surface area contributed by atoms with Crippen LogP contribution in [0.15, 0.2) is 28.7 Å². The Morgan fingerprint density at radius 2 is 2.32 bits per heavy atom. The molecule has 0 bridgehead atoms. The maximum atomic E-state index is 12.0. The normalized spacial score (nSPS) is 11.9. The van der Waals surface area contributed by atoms with Gasteiger partial charge in [0.1, 0.15) is 0 Å². The van der Waals surface area contributed by atoms with Gasteiger partial charge >= 0.3 is 0 Å². The lowest BCUT2D eigenvalue weighted by Crippen LogP contribution is -2.25. The largest absolute Gasteiger partial charge is 0.326 e. The summed E-state index contributed by atoms with van der Waals surface area (Å²) in [6.45, 7) is 0.706.